The summed E-state index contributed by atoms with van der Waals surface area (Å²) in [6.07, 6.45) is 18.0. The number of unbranched alkanes of at least 4 members (excludes halogenated alkanes) is 4. The molecule has 182 valence electrons. The zero-order valence-electron chi connectivity index (χ0n) is 21.1. The Bertz CT molecular complexity index is 1070. The van der Waals surface area contributed by atoms with Crippen molar-refractivity contribution in [2.45, 2.75) is 71.3 Å². The molecule has 2 aromatic heterocycles. The van der Waals surface area contributed by atoms with E-state index in [1.165, 1.54) is 54.3 Å². The van der Waals surface area contributed by atoms with Gasteiger partial charge in [0, 0.05) is 53.6 Å². The van der Waals surface area contributed by atoms with Crippen LogP contribution in [0, 0.1) is 0 Å². The lowest BCUT2D eigenvalue weighted by molar-refractivity contribution is 0.114. The molecule has 0 aliphatic heterocycles. The highest BCUT2D eigenvalue weighted by Crippen LogP contribution is 2.32. The van der Waals surface area contributed by atoms with Crippen molar-refractivity contribution in [3.05, 3.63) is 60.4 Å². The highest BCUT2D eigenvalue weighted by Gasteiger charge is 2.19. The number of nitrogens with zero attached hydrogens (tertiary/aromatic N) is 2. The van der Waals surface area contributed by atoms with Gasteiger partial charge in [-0.25, -0.2) is 4.98 Å². The van der Waals surface area contributed by atoms with Crippen molar-refractivity contribution in [1.82, 2.24) is 9.55 Å². The lowest BCUT2D eigenvalue weighted by Gasteiger charge is -2.25. The fourth-order valence-corrected chi connectivity index (χ4v) is 4.23. The zero-order chi connectivity index (χ0) is 24.3. The quantitative estimate of drug-likeness (QED) is 0.314. The Kier molecular flexibility index (Phi) is 9.96. The van der Waals surface area contributed by atoms with E-state index in [9.17, 15) is 0 Å². The summed E-state index contributed by atoms with van der Waals surface area (Å²) in [5.41, 5.74) is 5.80. The largest absolute Gasteiger partial charge is 0.474 e. The molecule has 4 nitrogen and oxygen atoms in total. The van der Waals surface area contributed by atoms with Gasteiger partial charge in [-0.1, -0.05) is 63.5 Å². The predicted octanol–water partition coefficient (Wildman–Crippen LogP) is 7.80. The Hall–Kier alpha value is -2.85. The molecule has 0 spiro atoms. The number of pyridine rings is 1. The third-order valence-electron chi connectivity index (χ3n) is 6.49. The fourth-order valence-electron chi connectivity index (χ4n) is 4.23. The number of rotatable bonds is 10. The highest BCUT2D eigenvalue weighted by molar-refractivity contribution is 5.96. The molecular formula is C30H40N2O2. The molecular weight excluding hydrogens is 420 g/mol. The van der Waals surface area contributed by atoms with Gasteiger partial charge in [-0.2, -0.15) is 0 Å². The summed E-state index contributed by atoms with van der Waals surface area (Å²) in [5, 5.41) is 9.59. The molecule has 1 aliphatic rings. The number of aromatic nitrogens is 2. The number of ether oxygens (including phenoxy) is 1. The number of aliphatic hydroxyl groups excluding tert-OH is 1. The van der Waals surface area contributed by atoms with E-state index in [1.807, 2.05) is 25.3 Å². The first-order chi connectivity index (χ1) is 16.6. The van der Waals surface area contributed by atoms with Gasteiger partial charge in [0.25, 0.3) is 0 Å². The summed E-state index contributed by atoms with van der Waals surface area (Å²) in [5.74, 6) is 0.725. The third-order valence-corrected chi connectivity index (χ3v) is 6.49. The molecule has 4 rings (SSSR count). The zero-order valence-corrected chi connectivity index (χ0v) is 21.1. The third kappa shape index (κ3) is 6.38. The van der Waals surface area contributed by atoms with Crippen LogP contribution in [0.2, 0.25) is 0 Å². The molecule has 4 heteroatoms. The van der Waals surface area contributed by atoms with Gasteiger partial charge in [0.05, 0.1) is 0 Å². The van der Waals surface area contributed by atoms with Crippen LogP contribution in [0.3, 0.4) is 0 Å². The monoisotopic (exact) mass is 460 g/mol. The number of hydrogen-bond acceptors (Lipinski definition) is 3. The van der Waals surface area contributed by atoms with E-state index in [1.54, 1.807) is 0 Å². The van der Waals surface area contributed by atoms with Crippen molar-refractivity contribution < 1.29 is 9.84 Å². The van der Waals surface area contributed by atoms with E-state index in [-0.39, 0.29) is 0 Å². The summed E-state index contributed by atoms with van der Waals surface area (Å²) in [4.78, 5) is 4.49. The van der Waals surface area contributed by atoms with Crippen molar-refractivity contribution in [1.29, 1.82) is 0 Å². The van der Waals surface area contributed by atoms with Gasteiger partial charge < -0.3 is 14.4 Å². The average Bonchev–Trinajstić information content (AvgIpc) is 3.10. The fraction of sp³-hybridized carbons (Fsp3) is 0.433. The summed E-state index contributed by atoms with van der Waals surface area (Å²) in [7, 11) is 2.10. The van der Waals surface area contributed by atoms with Crippen LogP contribution in [-0.2, 0) is 7.05 Å². The molecule has 1 N–H and O–H groups in total. The summed E-state index contributed by atoms with van der Waals surface area (Å²) in [6, 6.07) is 10.6. The highest BCUT2D eigenvalue weighted by atomic mass is 16.5. The minimum absolute atomic E-state index is 0.357. The van der Waals surface area contributed by atoms with Crippen molar-refractivity contribution in [2.24, 2.45) is 7.05 Å². The summed E-state index contributed by atoms with van der Waals surface area (Å²) in [6.45, 7) is 8.59. The molecule has 3 aromatic rings. The van der Waals surface area contributed by atoms with Crippen LogP contribution >= 0.6 is 0 Å². The van der Waals surface area contributed by atoms with Gasteiger partial charge in [-0.3, -0.25) is 0 Å². The van der Waals surface area contributed by atoms with Gasteiger partial charge in [-0.05, 0) is 56.4 Å². The smallest absolute Gasteiger partial charge is 0.213 e. The van der Waals surface area contributed by atoms with Crippen molar-refractivity contribution in [3.63, 3.8) is 0 Å². The molecule has 1 aliphatic carbocycles. The lowest BCUT2D eigenvalue weighted by atomic mass is 9.96. The second-order valence-electron chi connectivity index (χ2n) is 8.99. The SMILES string of the molecule is C=Cc1c(/C=C\C)n(C)c2cc(-c3ccc(OC4CCC4)nc3)ccc12.CCCCCCCO. The Morgan fingerprint density at radius 3 is 2.47 bits per heavy atom. The number of aryl methyl sites for hydroxylation is 1. The Morgan fingerprint density at radius 2 is 1.88 bits per heavy atom. The molecule has 0 unspecified atom stereocenters. The van der Waals surface area contributed by atoms with Crippen LogP contribution in [0.5, 0.6) is 5.88 Å². The number of hydrogen-bond donors (Lipinski definition) is 1. The van der Waals surface area contributed by atoms with E-state index in [0.29, 0.717) is 12.7 Å². The average molecular weight is 461 g/mol. The Balaban J connectivity index is 0.000000350. The van der Waals surface area contributed by atoms with E-state index in [2.05, 4.69) is 66.5 Å². The molecule has 2 heterocycles. The first-order valence-corrected chi connectivity index (χ1v) is 12.7. The van der Waals surface area contributed by atoms with Gasteiger partial charge >= 0.3 is 0 Å². The minimum atomic E-state index is 0.357. The number of fused-ring (bicyclic) bond motifs is 1. The number of benzene rings is 1. The molecule has 1 fully saturated rings. The van der Waals surface area contributed by atoms with Crippen molar-refractivity contribution in [3.8, 4) is 17.0 Å². The Labute approximate surface area is 205 Å². The van der Waals surface area contributed by atoms with Gasteiger partial charge in [0.2, 0.25) is 5.88 Å². The van der Waals surface area contributed by atoms with Crippen LogP contribution in [0.15, 0.2) is 49.2 Å². The minimum Gasteiger partial charge on any atom is -0.474 e. The van der Waals surface area contributed by atoms with E-state index in [0.717, 1.165) is 36.3 Å². The van der Waals surface area contributed by atoms with Crippen LogP contribution < -0.4 is 4.74 Å². The molecule has 34 heavy (non-hydrogen) atoms. The maximum Gasteiger partial charge on any atom is 0.213 e. The first kappa shape index (κ1) is 25.8. The second-order valence-corrected chi connectivity index (χ2v) is 8.99. The van der Waals surface area contributed by atoms with Gasteiger partial charge in [0.15, 0.2) is 0 Å². The standard InChI is InChI=1S/C23H24N2O.C7H16O/c1-4-7-21-19(5-2)20-12-10-16(14-22(20)25(21)3)17-11-13-23(24-15-17)26-18-8-6-9-18;1-2-3-4-5-6-7-8/h4-5,7,10-15,18H,2,6,8-9H2,1,3H3;8H,2-7H2,1H3/b7-4-;. The molecule has 0 saturated heterocycles. The molecule has 0 atom stereocenters. The van der Waals surface area contributed by atoms with Crippen LogP contribution in [0.1, 0.15) is 76.5 Å². The normalized spacial score (nSPS) is 13.5. The van der Waals surface area contributed by atoms with Crippen molar-refractivity contribution in [2.75, 3.05) is 6.61 Å². The maximum atomic E-state index is 8.37. The number of aliphatic hydroxyl groups is 1. The second kappa shape index (κ2) is 13.1. The molecule has 1 saturated carbocycles. The topological polar surface area (TPSA) is 47.3 Å². The van der Waals surface area contributed by atoms with E-state index in [4.69, 9.17) is 9.84 Å². The summed E-state index contributed by atoms with van der Waals surface area (Å²) < 4.78 is 8.08. The van der Waals surface area contributed by atoms with Gasteiger partial charge in [0.1, 0.15) is 6.10 Å². The predicted molar refractivity (Wildman–Crippen MR) is 145 cm³/mol. The molecule has 1 aromatic carbocycles. The summed E-state index contributed by atoms with van der Waals surface area (Å²) >= 11 is 0. The Morgan fingerprint density at radius 1 is 1.12 bits per heavy atom. The van der Waals surface area contributed by atoms with E-state index < -0.39 is 0 Å². The molecule has 0 radical (unpaired) electrons. The first-order valence-electron chi connectivity index (χ1n) is 12.7. The molecule has 0 bridgehead atoms. The van der Waals surface area contributed by atoms with Crippen LogP contribution in [0.4, 0.5) is 0 Å². The van der Waals surface area contributed by atoms with E-state index >= 15 is 0 Å². The van der Waals surface area contributed by atoms with Crippen LogP contribution in [0.25, 0.3) is 34.2 Å². The molecule has 0 amide bonds. The maximum absolute atomic E-state index is 8.37. The number of allylic oxidation sites excluding steroid dienone is 1. The lowest BCUT2D eigenvalue weighted by Crippen LogP contribution is -2.24. The van der Waals surface area contributed by atoms with Gasteiger partial charge in [-0.15, -0.1) is 0 Å². The van der Waals surface area contributed by atoms with Crippen molar-refractivity contribution >= 4 is 23.1 Å². The van der Waals surface area contributed by atoms with Crippen LogP contribution in [-0.4, -0.2) is 27.4 Å².